The molecule has 4 N–H and O–H groups in total. The zero-order valence-electron chi connectivity index (χ0n) is 33.9. The van der Waals surface area contributed by atoms with E-state index >= 15 is 0 Å². The van der Waals surface area contributed by atoms with E-state index in [1.807, 2.05) is 69.5 Å². The van der Waals surface area contributed by atoms with Crippen LogP contribution in [0.15, 0.2) is 36.4 Å². The van der Waals surface area contributed by atoms with Crippen molar-refractivity contribution >= 4 is 29.1 Å². The molecule has 0 radical (unpaired) electrons. The SMILES string of the molecule is COc1c(CN2O[C@@H](CO)[C@@H]([C@H](C)O)[C@H]2C(=O)N[C@H]2C[C@@H]3C[C@@H]([C@@H]2C)C3(C)CCl)cccc1-c1cc(C(=O)N[C@@H](CC(C)C)CN(C)C)cc(N(C)C)c1. The molecule has 0 spiro atoms. The first kappa shape index (κ1) is 42.2. The van der Waals surface area contributed by atoms with Crippen LogP contribution in [0.1, 0.15) is 69.8 Å². The van der Waals surface area contributed by atoms with Crippen LogP contribution < -0.4 is 20.3 Å². The van der Waals surface area contributed by atoms with E-state index in [2.05, 4.69) is 43.2 Å². The third kappa shape index (κ3) is 8.71. The molecule has 1 heterocycles. The van der Waals surface area contributed by atoms with Crippen molar-refractivity contribution in [1.29, 1.82) is 0 Å². The van der Waals surface area contributed by atoms with Crippen LogP contribution in [0.4, 0.5) is 5.69 Å². The Kier molecular flexibility index (Phi) is 13.7. The number of anilines is 1. The third-order valence-electron chi connectivity index (χ3n) is 12.4. The summed E-state index contributed by atoms with van der Waals surface area (Å²) in [5, 5.41) is 29.5. The van der Waals surface area contributed by atoms with Crippen LogP contribution in [0.25, 0.3) is 11.1 Å². The standard InChI is InChI=1S/C42H64ClN5O6/c1-24(2)14-31(21-46(6)7)44-40(51)29-15-28(16-32(17-29)47(8)9)33-13-11-12-27(39(33)53-10)20-48-38(37(26(4)50)36(22-49)54-48)41(52)45-35-19-30-18-34(25(35)3)42(30,5)23-43/h11-13,15-17,24-26,30-31,34-38,49-50H,14,18-23H2,1-10H3,(H,44,51)(H,45,52)/t25-,26-,30-,31-,34-,35-,36-,37+,38-,42?/m0/s1. The minimum absolute atomic E-state index is 0.00602. The van der Waals surface area contributed by atoms with Gasteiger partial charge in [-0.05, 0) is 93.1 Å². The maximum absolute atomic E-state index is 14.3. The van der Waals surface area contributed by atoms with Crippen molar-refractivity contribution in [3.05, 3.63) is 47.5 Å². The van der Waals surface area contributed by atoms with Crippen molar-refractivity contribution in [3.8, 4) is 16.9 Å². The highest BCUT2D eigenvalue weighted by atomic mass is 35.5. The van der Waals surface area contributed by atoms with Crippen molar-refractivity contribution in [3.63, 3.8) is 0 Å². The molecule has 3 saturated carbocycles. The molecule has 1 aliphatic heterocycles. The number of nitrogens with one attached hydrogen (secondary N) is 2. The van der Waals surface area contributed by atoms with Crippen molar-refractivity contribution in [2.24, 2.45) is 35.0 Å². The molecular formula is C42H64ClN5O6. The van der Waals surface area contributed by atoms with Crippen LogP contribution in [-0.4, -0.2) is 117 Å². The maximum atomic E-state index is 14.3. The van der Waals surface area contributed by atoms with Gasteiger partial charge >= 0.3 is 0 Å². The molecule has 1 saturated heterocycles. The summed E-state index contributed by atoms with van der Waals surface area (Å²) in [7, 11) is 9.52. The second-order valence-electron chi connectivity index (χ2n) is 17.3. The fourth-order valence-corrected chi connectivity index (χ4v) is 9.89. The fourth-order valence-electron chi connectivity index (χ4n) is 9.47. The highest BCUT2D eigenvalue weighted by Crippen LogP contribution is 2.62. The van der Waals surface area contributed by atoms with Gasteiger partial charge in [-0.3, -0.25) is 14.4 Å². The predicted molar refractivity (Wildman–Crippen MR) is 215 cm³/mol. The van der Waals surface area contributed by atoms with Gasteiger partial charge in [-0.15, -0.1) is 11.6 Å². The molecule has 300 valence electrons. The van der Waals surface area contributed by atoms with Gasteiger partial charge in [0.2, 0.25) is 5.91 Å². The zero-order chi connectivity index (χ0) is 39.6. The second-order valence-corrected chi connectivity index (χ2v) is 17.5. The number of methoxy groups -OCH3 is 1. The summed E-state index contributed by atoms with van der Waals surface area (Å²) < 4.78 is 6.09. The first-order chi connectivity index (χ1) is 25.5. The number of amides is 2. The molecule has 11 nitrogen and oxygen atoms in total. The van der Waals surface area contributed by atoms with Crippen LogP contribution in [0, 0.1) is 35.0 Å². The lowest BCUT2D eigenvalue weighted by Crippen LogP contribution is -2.64. The molecule has 2 bridgehead atoms. The fraction of sp³-hybridized carbons (Fsp3) is 0.667. The van der Waals surface area contributed by atoms with Gasteiger partial charge in [-0.1, -0.05) is 45.9 Å². The summed E-state index contributed by atoms with van der Waals surface area (Å²) >= 11 is 6.42. The number of aliphatic hydroxyl groups excluding tert-OH is 2. The number of hydroxylamine groups is 2. The van der Waals surface area contributed by atoms with Crippen molar-refractivity contribution in [1.82, 2.24) is 20.6 Å². The van der Waals surface area contributed by atoms with E-state index in [1.54, 1.807) is 19.1 Å². The number of aliphatic hydroxyl groups is 2. The molecule has 4 aliphatic rings. The smallest absolute Gasteiger partial charge is 0.251 e. The van der Waals surface area contributed by atoms with Crippen molar-refractivity contribution < 1.29 is 29.4 Å². The monoisotopic (exact) mass is 769 g/mol. The molecule has 4 fully saturated rings. The van der Waals surface area contributed by atoms with Crippen LogP contribution >= 0.6 is 11.6 Å². The number of hydrogen-bond acceptors (Lipinski definition) is 9. The van der Waals surface area contributed by atoms with Gasteiger partial charge in [0.15, 0.2) is 0 Å². The Balaban J connectivity index is 1.45. The summed E-state index contributed by atoms with van der Waals surface area (Å²) in [5.74, 6) is 1.75. The predicted octanol–water partition coefficient (Wildman–Crippen LogP) is 5.01. The van der Waals surface area contributed by atoms with E-state index in [0.717, 1.165) is 48.2 Å². The Labute approximate surface area is 327 Å². The average molecular weight is 770 g/mol. The number of alkyl halides is 1. The van der Waals surface area contributed by atoms with Gasteiger partial charge in [-0.25, -0.2) is 0 Å². The lowest BCUT2D eigenvalue weighted by Gasteiger charge is -2.62. The normalized spacial score (nSPS) is 29.1. The minimum atomic E-state index is -0.913. The number of carbonyl (C=O) groups is 2. The Hall–Kier alpha value is -2.93. The van der Waals surface area contributed by atoms with Crippen LogP contribution in [-0.2, 0) is 16.2 Å². The van der Waals surface area contributed by atoms with Gasteiger partial charge in [0.25, 0.3) is 5.91 Å². The summed E-state index contributed by atoms with van der Waals surface area (Å²) in [4.78, 5) is 38.5. The van der Waals surface area contributed by atoms with Crippen molar-refractivity contribution in [2.75, 3.05) is 59.2 Å². The molecule has 6 rings (SSSR count). The first-order valence-corrected chi connectivity index (χ1v) is 20.1. The van der Waals surface area contributed by atoms with E-state index in [4.69, 9.17) is 21.2 Å². The van der Waals surface area contributed by atoms with Crippen molar-refractivity contribution in [2.45, 2.75) is 90.8 Å². The quantitative estimate of drug-likeness (QED) is 0.174. The third-order valence-corrected chi connectivity index (χ3v) is 13.0. The van der Waals surface area contributed by atoms with Crippen LogP contribution in [0.5, 0.6) is 5.75 Å². The number of hydrogen-bond donors (Lipinski definition) is 4. The Morgan fingerprint density at radius 1 is 1.13 bits per heavy atom. The van der Waals surface area contributed by atoms with Gasteiger partial charge in [0.05, 0.1) is 26.4 Å². The lowest BCUT2D eigenvalue weighted by molar-refractivity contribution is -0.183. The van der Waals surface area contributed by atoms with E-state index in [-0.39, 0.29) is 48.4 Å². The number of carbonyl (C=O) groups excluding carboxylic acids is 2. The molecule has 3 aliphatic carbocycles. The number of fused-ring (bicyclic) bond motifs is 2. The minimum Gasteiger partial charge on any atom is -0.496 e. The van der Waals surface area contributed by atoms with Crippen LogP contribution in [0.2, 0.25) is 0 Å². The molecular weight excluding hydrogens is 706 g/mol. The Bertz CT molecular complexity index is 1610. The molecule has 54 heavy (non-hydrogen) atoms. The topological polar surface area (TPSA) is 127 Å². The molecule has 1 unspecified atom stereocenters. The number of likely N-dealkylation sites (N-methyl/N-ethyl adjacent to an activating group) is 1. The summed E-state index contributed by atoms with van der Waals surface area (Å²) in [5.41, 5.74) is 3.84. The second kappa shape index (κ2) is 17.5. The number of rotatable bonds is 16. The van der Waals surface area contributed by atoms with E-state index < -0.39 is 24.2 Å². The number of halogens is 1. The molecule has 2 aromatic carbocycles. The molecule has 2 amide bonds. The first-order valence-electron chi connectivity index (χ1n) is 19.6. The molecule has 10 atom stereocenters. The van der Waals surface area contributed by atoms with Gasteiger partial charge in [0.1, 0.15) is 17.9 Å². The molecule has 0 aromatic heterocycles. The van der Waals surface area contributed by atoms with Gasteiger partial charge < -0.3 is 35.4 Å². The Morgan fingerprint density at radius 3 is 2.43 bits per heavy atom. The van der Waals surface area contributed by atoms with Gasteiger partial charge in [-0.2, -0.15) is 5.06 Å². The summed E-state index contributed by atoms with van der Waals surface area (Å²) in [6.45, 7) is 11.0. The van der Waals surface area contributed by atoms with E-state index in [0.29, 0.717) is 34.9 Å². The largest absolute Gasteiger partial charge is 0.496 e. The van der Waals surface area contributed by atoms with Crippen LogP contribution in [0.3, 0.4) is 0 Å². The van der Waals surface area contributed by atoms with E-state index in [9.17, 15) is 19.8 Å². The lowest BCUT2D eigenvalue weighted by atomic mass is 9.44. The average Bonchev–Trinajstić information content (AvgIpc) is 3.49. The summed E-state index contributed by atoms with van der Waals surface area (Å²) in [6, 6.07) is 10.8. The highest BCUT2D eigenvalue weighted by molar-refractivity contribution is 6.18. The number of para-hydroxylation sites is 1. The highest BCUT2D eigenvalue weighted by Gasteiger charge is 2.59. The molecule has 12 heteroatoms. The van der Waals surface area contributed by atoms with Gasteiger partial charge in [0, 0.05) is 66.9 Å². The number of nitrogens with zero attached hydrogens (tertiary/aromatic N) is 3. The zero-order valence-corrected chi connectivity index (χ0v) is 34.7. The number of ether oxygens (including phenoxy) is 1. The molecule has 2 aromatic rings. The number of benzene rings is 2. The van der Waals surface area contributed by atoms with E-state index in [1.165, 1.54) is 0 Å². The Morgan fingerprint density at radius 2 is 1.85 bits per heavy atom. The summed E-state index contributed by atoms with van der Waals surface area (Å²) in [6.07, 6.45) is 1.17. The maximum Gasteiger partial charge on any atom is 0.251 e.